The highest BCUT2D eigenvalue weighted by Gasteiger charge is 2.29. The molecule has 0 atom stereocenters. The molecule has 0 spiro atoms. The van der Waals surface area contributed by atoms with Crippen molar-refractivity contribution < 1.29 is 22.7 Å². The standard InChI is InChI=1S/C26H28N2O5S/c1-4-27(21-10-6-5-7-11-21)34(31,32)23-12-8-9-20(16-23)26(30)33-17-25(29)24-15-18(2)28(19(24)3)22-13-14-22/h5-12,15-16,22H,4,13-14,17H2,1-3H3. The molecule has 7 nitrogen and oxygen atoms in total. The first-order valence-corrected chi connectivity index (χ1v) is 12.7. The summed E-state index contributed by atoms with van der Waals surface area (Å²) in [5, 5.41) is 0. The third-order valence-electron chi connectivity index (χ3n) is 6.02. The molecular weight excluding hydrogens is 452 g/mol. The molecule has 0 N–H and O–H groups in total. The third kappa shape index (κ3) is 4.63. The van der Waals surface area contributed by atoms with Crippen LogP contribution in [-0.4, -0.2) is 37.9 Å². The van der Waals surface area contributed by atoms with Gasteiger partial charge in [-0.1, -0.05) is 24.3 Å². The molecular formula is C26H28N2O5S. The monoisotopic (exact) mass is 480 g/mol. The maximum absolute atomic E-state index is 13.2. The minimum atomic E-state index is -3.89. The number of benzene rings is 2. The van der Waals surface area contributed by atoms with Crippen LogP contribution in [0, 0.1) is 13.8 Å². The average Bonchev–Trinajstić information content (AvgIpc) is 3.62. The van der Waals surface area contributed by atoms with E-state index in [1.807, 2.05) is 26.0 Å². The van der Waals surface area contributed by atoms with Crippen LogP contribution in [-0.2, 0) is 14.8 Å². The van der Waals surface area contributed by atoms with E-state index in [9.17, 15) is 18.0 Å². The number of Topliss-reactive ketones (excluding diaryl/α,β-unsaturated/α-hetero) is 1. The third-order valence-corrected chi connectivity index (χ3v) is 7.92. The van der Waals surface area contributed by atoms with Crippen LogP contribution in [0.5, 0.6) is 0 Å². The Balaban J connectivity index is 1.49. The maximum Gasteiger partial charge on any atom is 0.338 e. The van der Waals surface area contributed by atoms with Crippen molar-refractivity contribution in [2.45, 2.75) is 44.6 Å². The van der Waals surface area contributed by atoms with Gasteiger partial charge in [-0.3, -0.25) is 9.10 Å². The Labute approximate surface area is 200 Å². The molecule has 1 aliphatic carbocycles. The predicted molar refractivity (Wildman–Crippen MR) is 130 cm³/mol. The van der Waals surface area contributed by atoms with E-state index >= 15 is 0 Å². The zero-order valence-electron chi connectivity index (χ0n) is 19.5. The fraction of sp³-hybridized carbons (Fsp3) is 0.308. The molecule has 1 heterocycles. The fourth-order valence-corrected chi connectivity index (χ4v) is 5.76. The van der Waals surface area contributed by atoms with Crippen molar-refractivity contribution in [3.8, 4) is 0 Å². The minimum Gasteiger partial charge on any atom is -0.454 e. The van der Waals surface area contributed by atoms with Crippen LogP contribution in [0.3, 0.4) is 0 Å². The van der Waals surface area contributed by atoms with Gasteiger partial charge in [-0.2, -0.15) is 0 Å². The van der Waals surface area contributed by atoms with Crippen molar-refractivity contribution in [3.05, 3.63) is 83.2 Å². The zero-order valence-corrected chi connectivity index (χ0v) is 20.3. The Hall–Kier alpha value is -3.39. The molecule has 0 bridgehead atoms. The molecule has 1 aromatic heterocycles. The van der Waals surface area contributed by atoms with Crippen LogP contribution in [0.25, 0.3) is 0 Å². The molecule has 1 fully saturated rings. The number of para-hydroxylation sites is 1. The van der Waals surface area contributed by atoms with Gasteiger partial charge in [0.2, 0.25) is 5.78 Å². The molecule has 8 heteroatoms. The van der Waals surface area contributed by atoms with Gasteiger partial charge in [-0.15, -0.1) is 0 Å². The quantitative estimate of drug-likeness (QED) is 0.327. The van der Waals surface area contributed by atoms with Crippen LogP contribution in [0.1, 0.15) is 57.9 Å². The van der Waals surface area contributed by atoms with E-state index in [-0.39, 0.29) is 22.8 Å². The highest BCUT2D eigenvalue weighted by atomic mass is 32.2. The summed E-state index contributed by atoms with van der Waals surface area (Å²) in [4.78, 5) is 25.4. The summed E-state index contributed by atoms with van der Waals surface area (Å²) < 4.78 is 35.2. The van der Waals surface area contributed by atoms with Crippen LogP contribution < -0.4 is 4.31 Å². The molecule has 0 amide bonds. The smallest absolute Gasteiger partial charge is 0.338 e. The number of hydrogen-bond acceptors (Lipinski definition) is 5. The predicted octanol–water partition coefficient (Wildman–Crippen LogP) is 4.69. The van der Waals surface area contributed by atoms with Crippen LogP contribution in [0.15, 0.2) is 65.6 Å². The lowest BCUT2D eigenvalue weighted by atomic mass is 10.1. The van der Waals surface area contributed by atoms with Crippen LogP contribution in [0.4, 0.5) is 5.69 Å². The van der Waals surface area contributed by atoms with Crippen molar-refractivity contribution in [2.75, 3.05) is 17.5 Å². The van der Waals surface area contributed by atoms with E-state index in [2.05, 4.69) is 4.57 Å². The van der Waals surface area contributed by atoms with Gasteiger partial charge in [0.05, 0.1) is 16.1 Å². The topological polar surface area (TPSA) is 85.7 Å². The van der Waals surface area contributed by atoms with Gasteiger partial charge in [0.15, 0.2) is 6.61 Å². The number of ketones is 1. The molecule has 2 aromatic carbocycles. The van der Waals surface area contributed by atoms with Gasteiger partial charge in [-0.05, 0) is 70.0 Å². The second-order valence-electron chi connectivity index (χ2n) is 8.42. The van der Waals surface area contributed by atoms with Crippen molar-refractivity contribution in [1.82, 2.24) is 4.57 Å². The second-order valence-corrected chi connectivity index (χ2v) is 10.3. The Morgan fingerprint density at radius 1 is 1.03 bits per heavy atom. The summed E-state index contributed by atoms with van der Waals surface area (Å²) in [6.07, 6.45) is 2.22. The molecule has 1 aliphatic rings. The summed E-state index contributed by atoms with van der Waals surface area (Å²) in [6, 6.07) is 16.7. The summed E-state index contributed by atoms with van der Waals surface area (Å²) in [7, 11) is -3.89. The van der Waals surface area contributed by atoms with Crippen molar-refractivity contribution in [1.29, 1.82) is 0 Å². The van der Waals surface area contributed by atoms with E-state index in [0.29, 0.717) is 17.3 Å². The summed E-state index contributed by atoms with van der Waals surface area (Å²) in [6.45, 7) is 5.44. The number of sulfonamides is 1. The lowest BCUT2D eigenvalue weighted by molar-refractivity contribution is 0.0474. The summed E-state index contributed by atoms with van der Waals surface area (Å²) in [5.74, 6) is -1.03. The van der Waals surface area contributed by atoms with Gasteiger partial charge in [0.1, 0.15) is 0 Å². The Bertz CT molecular complexity index is 1320. The first-order chi connectivity index (χ1) is 16.2. The Morgan fingerprint density at radius 2 is 1.74 bits per heavy atom. The molecule has 34 heavy (non-hydrogen) atoms. The minimum absolute atomic E-state index is 0.0213. The molecule has 0 unspecified atom stereocenters. The molecule has 0 saturated heterocycles. The number of nitrogens with zero attached hydrogens (tertiary/aromatic N) is 2. The molecule has 3 aromatic rings. The van der Waals surface area contributed by atoms with E-state index < -0.39 is 22.6 Å². The molecule has 1 saturated carbocycles. The van der Waals surface area contributed by atoms with E-state index in [0.717, 1.165) is 24.2 Å². The summed E-state index contributed by atoms with van der Waals surface area (Å²) >= 11 is 0. The first kappa shape index (κ1) is 23.8. The summed E-state index contributed by atoms with van der Waals surface area (Å²) in [5.41, 5.74) is 3.06. The number of rotatable bonds is 9. The maximum atomic E-state index is 13.2. The van der Waals surface area contributed by atoms with Gasteiger partial charge >= 0.3 is 5.97 Å². The lowest BCUT2D eigenvalue weighted by Gasteiger charge is -2.23. The van der Waals surface area contributed by atoms with Gasteiger partial charge in [0, 0.05) is 29.5 Å². The number of aryl methyl sites for hydroxylation is 1. The van der Waals surface area contributed by atoms with Crippen LogP contribution >= 0.6 is 0 Å². The van der Waals surface area contributed by atoms with Crippen molar-refractivity contribution in [2.24, 2.45) is 0 Å². The lowest BCUT2D eigenvalue weighted by Crippen LogP contribution is -2.30. The number of esters is 1. The van der Waals surface area contributed by atoms with Gasteiger partial charge in [0.25, 0.3) is 10.0 Å². The fourth-order valence-electron chi connectivity index (χ4n) is 4.24. The zero-order chi connectivity index (χ0) is 24.5. The molecule has 4 rings (SSSR count). The van der Waals surface area contributed by atoms with Gasteiger partial charge in [-0.25, -0.2) is 13.2 Å². The van der Waals surface area contributed by atoms with E-state index in [1.165, 1.54) is 28.6 Å². The first-order valence-electron chi connectivity index (χ1n) is 11.3. The number of carbonyl (C=O) groups excluding carboxylic acids is 2. The number of aromatic nitrogens is 1. The molecule has 0 radical (unpaired) electrons. The Kier molecular flexibility index (Phi) is 6.61. The second kappa shape index (κ2) is 9.46. The normalized spacial score (nSPS) is 13.5. The Morgan fingerprint density at radius 3 is 2.38 bits per heavy atom. The van der Waals surface area contributed by atoms with Crippen LogP contribution in [0.2, 0.25) is 0 Å². The van der Waals surface area contributed by atoms with E-state index in [1.54, 1.807) is 31.2 Å². The SMILES string of the molecule is CCN(c1ccccc1)S(=O)(=O)c1cccc(C(=O)OCC(=O)c2cc(C)n(C3CC3)c2C)c1. The van der Waals surface area contributed by atoms with Gasteiger partial charge < -0.3 is 9.30 Å². The average molecular weight is 481 g/mol. The highest BCUT2D eigenvalue weighted by molar-refractivity contribution is 7.92. The molecule has 0 aliphatic heterocycles. The van der Waals surface area contributed by atoms with Crippen molar-refractivity contribution in [3.63, 3.8) is 0 Å². The number of hydrogen-bond donors (Lipinski definition) is 0. The number of anilines is 1. The van der Waals surface area contributed by atoms with Crippen molar-refractivity contribution >= 4 is 27.5 Å². The number of carbonyl (C=O) groups is 2. The molecule has 178 valence electrons. The van der Waals surface area contributed by atoms with E-state index in [4.69, 9.17) is 4.74 Å². The number of ether oxygens (including phenoxy) is 1. The highest BCUT2D eigenvalue weighted by Crippen LogP contribution is 2.38. The largest absolute Gasteiger partial charge is 0.454 e.